The van der Waals surface area contributed by atoms with Crippen LogP contribution in [-0.2, 0) is 0 Å². The average molecular weight is 567 g/mol. The van der Waals surface area contributed by atoms with Gasteiger partial charge in [0.2, 0.25) is 0 Å². The van der Waals surface area contributed by atoms with Gasteiger partial charge in [-0.2, -0.15) is 0 Å². The first-order valence-electron chi connectivity index (χ1n) is 14.9. The summed E-state index contributed by atoms with van der Waals surface area (Å²) in [5.41, 5.74) is 12.4. The summed E-state index contributed by atoms with van der Waals surface area (Å²) in [5, 5.41) is 0. The normalized spacial score (nSPS) is 11.6. The van der Waals surface area contributed by atoms with Crippen LogP contribution in [0.15, 0.2) is 91.0 Å². The second kappa shape index (κ2) is 12.2. The van der Waals surface area contributed by atoms with Crippen LogP contribution in [0.1, 0.15) is 54.0 Å². The Bertz CT molecular complexity index is 2040. The molecule has 0 amide bonds. The van der Waals surface area contributed by atoms with Crippen molar-refractivity contribution in [2.45, 2.75) is 25.7 Å². The molecule has 8 bridgehead atoms. The predicted molar refractivity (Wildman–Crippen MR) is 184 cm³/mol. The number of aromatic nitrogens is 4. The zero-order valence-electron chi connectivity index (χ0n) is 24.3. The van der Waals surface area contributed by atoms with Crippen LogP contribution in [0.25, 0.3) is 68.6 Å². The summed E-state index contributed by atoms with van der Waals surface area (Å²) in [6.45, 7) is 0. The molecule has 4 nitrogen and oxygen atoms in total. The fourth-order valence-corrected chi connectivity index (χ4v) is 5.68. The second-order valence-corrected chi connectivity index (χ2v) is 10.8. The molecule has 0 saturated carbocycles. The monoisotopic (exact) mass is 566 g/mol. The van der Waals surface area contributed by atoms with E-state index in [1.807, 2.05) is 12.1 Å². The number of hydrogen-bond donors (Lipinski definition) is 2. The highest BCUT2D eigenvalue weighted by molar-refractivity contribution is 5.94. The number of aromatic amines is 2. The van der Waals surface area contributed by atoms with Crippen LogP contribution in [0.5, 0.6) is 0 Å². The molecule has 0 spiro atoms. The molecule has 5 heterocycles. The molecule has 0 unspecified atom stereocenters. The number of nitrogens with zero attached hydrogens (tertiary/aromatic N) is 2. The van der Waals surface area contributed by atoms with E-state index < -0.39 is 0 Å². The Labute approximate surface area is 257 Å². The van der Waals surface area contributed by atoms with Crippen LogP contribution in [0, 0.1) is 24.2 Å². The van der Waals surface area contributed by atoms with Crippen molar-refractivity contribution < 1.29 is 0 Å². The maximum absolute atomic E-state index is 5.45. The van der Waals surface area contributed by atoms with E-state index in [0.717, 1.165) is 98.3 Å². The molecule has 2 aliphatic rings. The van der Waals surface area contributed by atoms with Gasteiger partial charge in [-0.1, -0.05) is 72.5 Å². The molecule has 2 N–H and O–H groups in total. The minimum atomic E-state index is 0.766. The topological polar surface area (TPSA) is 57.4 Å². The lowest BCUT2D eigenvalue weighted by Crippen LogP contribution is -1.90. The van der Waals surface area contributed by atoms with Crippen LogP contribution in [0.4, 0.5) is 0 Å². The quantitative estimate of drug-likeness (QED) is 0.161. The highest BCUT2D eigenvalue weighted by Gasteiger charge is 2.16. The summed E-state index contributed by atoms with van der Waals surface area (Å²) in [6, 6.07) is 31.4. The minimum Gasteiger partial charge on any atom is -0.355 e. The van der Waals surface area contributed by atoms with Gasteiger partial charge in [-0.3, -0.25) is 0 Å². The minimum absolute atomic E-state index is 0.766. The second-order valence-electron chi connectivity index (χ2n) is 10.8. The molecule has 4 heteroatoms. The third kappa shape index (κ3) is 5.50. The van der Waals surface area contributed by atoms with Crippen molar-refractivity contribution >= 4 is 46.4 Å². The molecule has 5 aromatic rings. The van der Waals surface area contributed by atoms with Gasteiger partial charge in [0.25, 0.3) is 0 Å². The fourth-order valence-electron chi connectivity index (χ4n) is 5.68. The number of rotatable bonds is 5. The number of hydrogen-bond acceptors (Lipinski definition) is 2. The van der Waals surface area contributed by atoms with Gasteiger partial charge >= 0.3 is 0 Å². The van der Waals surface area contributed by atoms with E-state index in [0.29, 0.717) is 0 Å². The molecule has 44 heavy (non-hydrogen) atoms. The summed E-state index contributed by atoms with van der Waals surface area (Å²) in [5.74, 6) is 9.56. The summed E-state index contributed by atoms with van der Waals surface area (Å²) >= 11 is 0. The van der Waals surface area contributed by atoms with Crippen molar-refractivity contribution in [3.05, 3.63) is 119 Å². The van der Waals surface area contributed by atoms with Gasteiger partial charge in [-0.25, -0.2) is 9.97 Å². The number of benzene rings is 2. The number of fused-ring (bicyclic) bond motifs is 8. The van der Waals surface area contributed by atoms with Gasteiger partial charge in [0.1, 0.15) is 0 Å². The Hall–Kier alpha value is -5.84. The largest absolute Gasteiger partial charge is 0.355 e. The number of terminal acetylenes is 1. The Kier molecular flexibility index (Phi) is 7.48. The zero-order chi connectivity index (χ0) is 29.7. The molecule has 0 fully saturated rings. The van der Waals surface area contributed by atoms with Crippen molar-refractivity contribution in [1.82, 2.24) is 19.9 Å². The lowest BCUT2D eigenvalue weighted by atomic mass is 10.0. The molecule has 2 aromatic carbocycles. The molecular formula is C40H30N4. The summed E-state index contributed by atoms with van der Waals surface area (Å²) in [6.07, 6.45) is 17.2. The van der Waals surface area contributed by atoms with E-state index >= 15 is 0 Å². The molecule has 7 rings (SSSR count). The molecule has 0 aliphatic carbocycles. The van der Waals surface area contributed by atoms with Gasteiger partial charge in [0.15, 0.2) is 0 Å². The number of unbranched alkanes of at least 4 members (excludes halogenated alkanes) is 3. The summed E-state index contributed by atoms with van der Waals surface area (Å²) in [4.78, 5) is 17.6. The number of H-pyrrole nitrogens is 2. The number of nitrogens with one attached hydrogen (secondary N) is 2. The third-order valence-electron chi connectivity index (χ3n) is 7.78. The third-order valence-corrected chi connectivity index (χ3v) is 7.78. The van der Waals surface area contributed by atoms with Crippen molar-refractivity contribution in [1.29, 1.82) is 0 Å². The van der Waals surface area contributed by atoms with Gasteiger partial charge in [-0.15, -0.1) is 12.3 Å². The maximum Gasteiger partial charge on any atom is 0.0816 e. The van der Waals surface area contributed by atoms with Gasteiger partial charge in [-0.05, 0) is 78.6 Å². The first-order valence-corrected chi connectivity index (χ1v) is 14.9. The SMILES string of the molecule is C#CCCCCC#Cc1c2nc(c(-c3ccccc3)c3ccc(cc4ccc([nH]4)c(-c4ccccc4)c4nc1C=C4)[nH]3)C=C2. The molecule has 210 valence electrons. The Balaban J connectivity index is 1.55. The van der Waals surface area contributed by atoms with E-state index in [-0.39, 0.29) is 0 Å². The molecule has 0 atom stereocenters. The van der Waals surface area contributed by atoms with Crippen molar-refractivity contribution in [2.75, 3.05) is 0 Å². The van der Waals surface area contributed by atoms with Crippen LogP contribution in [0.2, 0.25) is 0 Å². The Morgan fingerprint density at radius 2 is 1.07 bits per heavy atom. The summed E-state index contributed by atoms with van der Waals surface area (Å²) in [7, 11) is 0. The van der Waals surface area contributed by atoms with Crippen LogP contribution in [0.3, 0.4) is 0 Å². The van der Waals surface area contributed by atoms with Gasteiger partial charge < -0.3 is 9.97 Å². The molecule has 0 radical (unpaired) electrons. The lowest BCUT2D eigenvalue weighted by Gasteiger charge is -2.04. The van der Waals surface area contributed by atoms with Gasteiger partial charge in [0, 0.05) is 46.0 Å². The Morgan fingerprint density at radius 1 is 0.568 bits per heavy atom. The van der Waals surface area contributed by atoms with E-state index in [4.69, 9.17) is 16.4 Å². The van der Waals surface area contributed by atoms with Crippen LogP contribution >= 0.6 is 0 Å². The Morgan fingerprint density at radius 3 is 1.59 bits per heavy atom. The first-order chi connectivity index (χ1) is 21.8. The molecular weight excluding hydrogens is 536 g/mol. The highest BCUT2D eigenvalue weighted by Crippen LogP contribution is 2.33. The van der Waals surface area contributed by atoms with Crippen LogP contribution in [-0.4, -0.2) is 19.9 Å². The lowest BCUT2D eigenvalue weighted by molar-refractivity contribution is 0.783. The van der Waals surface area contributed by atoms with E-state index in [1.165, 1.54) is 0 Å². The van der Waals surface area contributed by atoms with Crippen LogP contribution < -0.4 is 0 Å². The van der Waals surface area contributed by atoms with E-state index in [9.17, 15) is 0 Å². The van der Waals surface area contributed by atoms with Gasteiger partial charge in [0.05, 0.1) is 28.3 Å². The molecule has 3 aromatic heterocycles. The molecule has 2 aliphatic heterocycles. The molecule has 0 saturated heterocycles. The van der Waals surface area contributed by atoms with Crippen molar-refractivity contribution in [2.24, 2.45) is 0 Å². The van der Waals surface area contributed by atoms with E-state index in [1.54, 1.807) is 0 Å². The maximum atomic E-state index is 5.45. The standard InChI is InChI=1S/C40H30N4/c1-2-3-4-5-6-13-18-32-33-23-25-37(43-33)39(28-14-9-7-10-15-28)35-21-19-30(41-35)27-31-20-22-36(42-31)40(29-16-11-8-12-17-29)38-26-24-34(32)44-38/h1,7-12,14-17,19-27,41-42H,3-6H2. The van der Waals surface area contributed by atoms with Crippen molar-refractivity contribution in [3.8, 4) is 46.4 Å². The van der Waals surface area contributed by atoms with E-state index in [2.05, 4.69) is 131 Å². The smallest absolute Gasteiger partial charge is 0.0816 e. The highest BCUT2D eigenvalue weighted by atomic mass is 14.8. The zero-order valence-corrected chi connectivity index (χ0v) is 24.3. The fraction of sp³-hybridized carbons (Fsp3) is 0.100. The van der Waals surface area contributed by atoms with Crippen molar-refractivity contribution in [3.63, 3.8) is 0 Å². The average Bonchev–Trinajstić information content (AvgIpc) is 3.88. The summed E-state index contributed by atoms with van der Waals surface area (Å²) < 4.78 is 0. The predicted octanol–water partition coefficient (Wildman–Crippen LogP) is 9.53. The first kappa shape index (κ1) is 27.0.